The molecule has 1 aliphatic heterocycles. The summed E-state index contributed by atoms with van der Waals surface area (Å²) < 4.78 is 13.0. The van der Waals surface area contributed by atoms with E-state index in [0.717, 1.165) is 22.0 Å². The number of benzene rings is 2. The molecule has 1 fully saturated rings. The maximum absolute atomic E-state index is 13.0. The fourth-order valence-electron chi connectivity index (χ4n) is 3.77. The number of rotatable bonds is 2. The van der Waals surface area contributed by atoms with Gasteiger partial charge in [-0.05, 0) is 61.4 Å². The Morgan fingerprint density at radius 1 is 0.893 bits per heavy atom. The van der Waals surface area contributed by atoms with Gasteiger partial charge < -0.3 is 14.8 Å². The number of carbonyl (C=O) groups excluding carboxylic acids is 2. The summed E-state index contributed by atoms with van der Waals surface area (Å²) in [5, 5.41) is 1.05. The van der Waals surface area contributed by atoms with Crippen molar-refractivity contribution in [2.75, 3.05) is 26.2 Å². The number of amides is 2. The van der Waals surface area contributed by atoms with Crippen LogP contribution >= 0.6 is 0 Å². The number of nitrogens with zero attached hydrogens (tertiary/aromatic N) is 2. The van der Waals surface area contributed by atoms with E-state index < -0.39 is 0 Å². The van der Waals surface area contributed by atoms with Crippen molar-refractivity contribution in [2.24, 2.45) is 0 Å². The van der Waals surface area contributed by atoms with Gasteiger partial charge in [-0.1, -0.05) is 6.07 Å². The molecule has 2 heterocycles. The van der Waals surface area contributed by atoms with Gasteiger partial charge in [0, 0.05) is 42.6 Å². The van der Waals surface area contributed by atoms with Gasteiger partial charge in [0.15, 0.2) is 0 Å². The summed E-state index contributed by atoms with van der Waals surface area (Å²) in [7, 11) is 0. The second-order valence-electron chi connectivity index (χ2n) is 7.32. The molecule has 1 saturated heterocycles. The summed E-state index contributed by atoms with van der Waals surface area (Å²) in [6.07, 6.45) is 0. The summed E-state index contributed by atoms with van der Waals surface area (Å²) >= 11 is 0. The topological polar surface area (TPSA) is 56.4 Å². The van der Waals surface area contributed by atoms with Crippen LogP contribution in [-0.4, -0.2) is 52.8 Å². The molecule has 0 unspecified atom stereocenters. The Morgan fingerprint density at radius 2 is 1.50 bits per heavy atom. The SMILES string of the molecule is Cc1cc(C)c2cc(C(=O)N3CCN(C(=O)c4ccc(F)cc4)CC3)[nH]c2c1. The maximum atomic E-state index is 13.0. The van der Waals surface area contributed by atoms with Crippen LogP contribution in [0, 0.1) is 19.7 Å². The van der Waals surface area contributed by atoms with Crippen LogP contribution in [0.15, 0.2) is 42.5 Å². The molecule has 0 aliphatic carbocycles. The number of halogens is 1. The molecule has 1 aromatic heterocycles. The molecule has 0 saturated carbocycles. The highest BCUT2D eigenvalue weighted by Crippen LogP contribution is 2.22. The van der Waals surface area contributed by atoms with Crippen molar-refractivity contribution in [3.8, 4) is 0 Å². The number of fused-ring (bicyclic) bond motifs is 1. The monoisotopic (exact) mass is 379 g/mol. The van der Waals surface area contributed by atoms with Crippen LogP contribution in [0.5, 0.6) is 0 Å². The maximum Gasteiger partial charge on any atom is 0.270 e. The zero-order valence-electron chi connectivity index (χ0n) is 16.0. The molecule has 5 nitrogen and oxygen atoms in total. The van der Waals surface area contributed by atoms with Crippen molar-refractivity contribution in [1.29, 1.82) is 0 Å². The summed E-state index contributed by atoms with van der Waals surface area (Å²) in [5.74, 6) is -0.554. The molecule has 1 N–H and O–H groups in total. The standard InChI is InChI=1S/C22H22FN3O2/c1-14-11-15(2)18-13-20(24-19(18)12-14)22(28)26-9-7-25(8-10-26)21(27)16-3-5-17(23)6-4-16/h3-6,11-13,24H,7-10H2,1-2H3. The molecule has 4 rings (SSSR count). The molecule has 0 bridgehead atoms. The van der Waals surface area contributed by atoms with E-state index in [-0.39, 0.29) is 17.6 Å². The first-order chi connectivity index (χ1) is 13.4. The molecule has 144 valence electrons. The molecule has 0 spiro atoms. The molecule has 0 atom stereocenters. The number of aromatic amines is 1. The lowest BCUT2D eigenvalue weighted by molar-refractivity contribution is 0.0533. The molecule has 1 aliphatic rings. The molecular weight excluding hydrogens is 357 g/mol. The minimum Gasteiger partial charge on any atom is -0.351 e. The summed E-state index contributed by atoms with van der Waals surface area (Å²) in [5.41, 5.74) is 4.29. The van der Waals surface area contributed by atoms with Crippen molar-refractivity contribution >= 4 is 22.7 Å². The fraction of sp³-hybridized carbons (Fsp3) is 0.273. The first-order valence-corrected chi connectivity index (χ1v) is 9.36. The van der Waals surface area contributed by atoms with Crippen LogP contribution < -0.4 is 0 Å². The first kappa shape index (κ1) is 18.2. The van der Waals surface area contributed by atoms with E-state index in [4.69, 9.17) is 0 Å². The van der Waals surface area contributed by atoms with Crippen LogP contribution in [0.4, 0.5) is 4.39 Å². The fourth-order valence-corrected chi connectivity index (χ4v) is 3.77. The van der Waals surface area contributed by atoms with E-state index in [1.165, 1.54) is 24.3 Å². The predicted octanol–water partition coefficient (Wildman–Crippen LogP) is 3.52. The number of H-pyrrole nitrogens is 1. The zero-order valence-corrected chi connectivity index (χ0v) is 16.0. The smallest absolute Gasteiger partial charge is 0.270 e. The van der Waals surface area contributed by atoms with Gasteiger partial charge in [-0.15, -0.1) is 0 Å². The van der Waals surface area contributed by atoms with Crippen molar-refractivity contribution in [3.63, 3.8) is 0 Å². The highest BCUT2D eigenvalue weighted by molar-refractivity contribution is 5.99. The van der Waals surface area contributed by atoms with Gasteiger partial charge in [0.2, 0.25) is 0 Å². The summed E-state index contributed by atoms with van der Waals surface area (Å²) in [6.45, 7) is 5.93. The number of piperazine rings is 1. The average molecular weight is 379 g/mol. The Labute approximate surface area is 162 Å². The van der Waals surface area contributed by atoms with Gasteiger partial charge in [0.1, 0.15) is 11.5 Å². The van der Waals surface area contributed by atoms with Gasteiger partial charge in [-0.25, -0.2) is 4.39 Å². The molecular formula is C22H22FN3O2. The van der Waals surface area contributed by atoms with Gasteiger partial charge in [-0.2, -0.15) is 0 Å². The van der Waals surface area contributed by atoms with Gasteiger partial charge in [0.05, 0.1) is 0 Å². The number of carbonyl (C=O) groups is 2. The number of nitrogens with one attached hydrogen (secondary N) is 1. The number of aryl methyl sites for hydroxylation is 2. The first-order valence-electron chi connectivity index (χ1n) is 9.36. The van der Waals surface area contributed by atoms with Gasteiger partial charge in [-0.3, -0.25) is 9.59 Å². The lowest BCUT2D eigenvalue weighted by Crippen LogP contribution is -2.50. The number of hydrogen-bond acceptors (Lipinski definition) is 2. The average Bonchev–Trinajstić information content (AvgIpc) is 3.12. The lowest BCUT2D eigenvalue weighted by atomic mass is 10.1. The van der Waals surface area contributed by atoms with Crippen molar-refractivity contribution < 1.29 is 14.0 Å². The minimum absolute atomic E-state index is 0.0536. The highest BCUT2D eigenvalue weighted by atomic mass is 19.1. The van der Waals surface area contributed by atoms with Crippen LogP contribution in [0.1, 0.15) is 32.0 Å². The second-order valence-corrected chi connectivity index (χ2v) is 7.32. The van der Waals surface area contributed by atoms with Crippen molar-refractivity contribution in [3.05, 3.63) is 70.7 Å². The van der Waals surface area contributed by atoms with Gasteiger partial charge in [0.25, 0.3) is 11.8 Å². The van der Waals surface area contributed by atoms with E-state index >= 15 is 0 Å². The third-order valence-corrected chi connectivity index (χ3v) is 5.26. The largest absolute Gasteiger partial charge is 0.351 e. The zero-order chi connectivity index (χ0) is 19.8. The van der Waals surface area contributed by atoms with Crippen LogP contribution in [0.3, 0.4) is 0 Å². The van der Waals surface area contributed by atoms with E-state index in [2.05, 4.69) is 11.1 Å². The Bertz CT molecular complexity index is 1050. The normalized spacial score (nSPS) is 14.5. The third-order valence-electron chi connectivity index (χ3n) is 5.26. The molecule has 2 aromatic carbocycles. The Balaban J connectivity index is 1.45. The van der Waals surface area contributed by atoms with E-state index in [1.807, 2.05) is 26.0 Å². The summed E-state index contributed by atoms with van der Waals surface area (Å²) in [4.78, 5) is 32.1. The minimum atomic E-state index is -0.365. The van der Waals surface area contributed by atoms with Gasteiger partial charge >= 0.3 is 0 Å². The molecule has 2 amide bonds. The molecule has 3 aromatic rings. The molecule has 0 radical (unpaired) electrons. The second kappa shape index (κ2) is 7.11. The molecule has 28 heavy (non-hydrogen) atoms. The Hall–Kier alpha value is -3.15. The number of aromatic nitrogens is 1. The van der Waals surface area contributed by atoms with Crippen LogP contribution in [-0.2, 0) is 0 Å². The van der Waals surface area contributed by atoms with E-state index in [1.54, 1.807) is 9.80 Å². The third kappa shape index (κ3) is 3.38. The van der Waals surface area contributed by atoms with Crippen molar-refractivity contribution in [2.45, 2.75) is 13.8 Å². The number of hydrogen-bond donors (Lipinski definition) is 1. The Kier molecular flexibility index (Phi) is 4.63. The highest BCUT2D eigenvalue weighted by Gasteiger charge is 2.26. The van der Waals surface area contributed by atoms with E-state index in [9.17, 15) is 14.0 Å². The quantitative estimate of drug-likeness (QED) is 0.741. The van der Waals surface area contributed by atoms with Crippen LogP contribution in [0.25, 0.3) is 10.9 Å². The predicted molar refractivity (Wildman–Crippen MR) is 106 cm³/mol. The lowest BCUT2D eigenvalue weighted by Gasteiger charge is -2.34. The summed E-state index contributed by atoms with van der Waals surface area (Å²) in [6, 6.07) is 11.6. The van der Waals surface area contributed by atoms with E-state index in [0.29, 0.717) is 37.4 Å². The molecule has 6 heteroatoms. The van der Waals surface area contributed by atoms with Crippen molar-refractivity contribution in [1.82, 2.24) is 14.8 Å². The van der Waals surface area contributed by atoms with Crippen LogP contribution in [0.2, 0.25) is 0 Å². The Morgan fingerprint density at radius 3 is 2.14 bits per heavy atom.